The molecule has 1 N–H and O–H groups in total. The molecule has 0 heterocycles. The molecule has 100 valence electrons. The molecule has 1 heteroatoms. The van der Waals surface area contributed by atoms with Crippen LogP contribution in [-0.2, 0) is 6.42 Å². The fourth-order valence-electron chi connectivity index (χ4n) is 3.32. The van der Waals surface area contributed by atoms with Gasteiger partial charge in [0, 0.05) is 6.42 Å². The van der Waals surface area contributed by atoms with Crippen LogP contribution in [0.15, 0.2) is 24.3 Å². The fraction of sp³-hybridized carbons (Fsp3) is 0.647. The van der Waals surface area contributed by atoms with Gasteiger partial charge in [0.2, 0.25) is 0 Å². The van der Waals surface area contributed by atoms with Gasteiger partial charge in [-0.25, -0.2) is 0 Å². The lowest BCUT2D eigenvalue weighted by Gasteiger charge is -2.38. The standard InChI is InChI=1S/C17H26O/c1-13(2)16-8-5-9-17(18,12-16)11-15-7-4-6-14(3)10-15/h4,6-7,10,13,16,18H,5,8-9,11-12H2,1-3H3. The van der Waals surface area contributed by atoms with Gasteiger partial charge in [-0.05, 0) is 43.6 Å². The lowest BCUT2D eigenvalue weighted by molar-refractivity contribution is -0.0239. The summed E-state index contributed by atoms with van der Waals surface area (Å²) in [5.74, 6) is 1.38. The monoisotopic (exact) mass is 246 g/mol. The minimum atomic E-state index is -0.471. The first-order chi connectivity index (χ1) is 8.48. The minimum absolute atomic E-state index is 0.471. The van der Waals surface area contributed by atoms with Crippen LogP contribution in [0.5, 0.6) is 0 Å². The summed E-state index contributed by atoms with van der Waals surface area (Å²) in [5.41, 5.74) is 2.09. The summed E-state index contributed by atoms with van der Waals surface area (Å²) >= 11 is 0. The highest BCUT2D eigenvalue weighted by Gasteiger charge is 2.35. The Bertz CT molecular complexity index is 396. The lowest BCUT2D eigenvalue weighted by atomic mass is 9.71. The van der Waals surface area contributed by atoms with Gasteiger partial charge in [0.15, 0.2) is 0 Å². The van der Waals surface area contributed by atoms with E-state index in [-0.39, 0.29) is 0 Å². The summed E-state index contributed by atoms with van der Waals surface area (Å²) in [4.78, 5) is 0. The van der Waals surface area contributed by atoms with Gasteiger partial charge < -0.3 is 5.11 Å². The van der Waals surface area contributed by atoms with E-state index in [4.69, 9.17) is 0 Å². The Hall–Kier alpha value is -0.820. The van der Waals surface area contributed by atoms with Crippen molar-refractivity contribution in [2.24, 2.45) is 11.8 Å². The van der Waals surface area contributed by atoms with Crippen LogP contribution >= 0.6 is 0 Å². The van der Waals surface area contributed by atoms with Crippen molar-refractivity contribution in [2.75, 3.05) is 0 Å². The van der Waals surface area contributed by atoms with Crippen LogP contribution in [0.1, 0.15) is 50.7 Å². The molecule has 2 rings (SSSR count). The molecule has 0 aromatic heterocycles. The second kappa shape index (κ2) is 5.44. The Balaban J connectivity index is 2.07. The largest absolute Gasteiger partial charge is 0.390 e. The normalized spacial score (nSPS) is 28.6. The van der Waals surface area contributed by atoms with E-state index < -0.39 is 5.60 Å². The smallest absolute Gasteiger partial charge is 0.0690 e. The van der Waals surface area contributed by atoms with Crippen molar-refractivity contribution in [1.82, 2.24) is 0 Å². The third-order valence-electron chi connectivity index (χ3n) is 4.42. The molecular formula is C17H26O. The van der Waals surface area contributed by atoms with Gasteiger partial charge in [0.1, 0.15) is 0 Å². The van der Waals surface area contributed by atoms with Gasteiger partial charge in [-0.2, -0.15) is 0 Å². The van der Waals surface area contributed by atoms with E-state index in [1.54, 1.807) is 0 Å². The lowest BCUT2D eigenvalue weighted by Crippen LogP contribution is -2.38. The summed E-state index contributed by atoms with van der Waals surface area (Å²) in [5, 5.41) is 10.8. The molecule has 0 aliphatic heterocycles. The van der Waals surface area contributed by atoms with Crippen molar-refractivity contribution in [2.45, 2.75) is 58.5 Å². The maximum Gasteiger partial charge on any atom is 0.0690 e. The molecule has 1 saturated carbocycles. The minimum Gasteiger partial charge on any atom is -0.390 e. The molecule has 2 unspecified atom stereocenters. The predicted molar refractivity (Wildman–Crippen MR) is 76.6 cm³/mol. The van der Waals surface area contributed by atoms with Crippen LogP contribution in [0.25, 0.3) is 0 Å². The molecule has 18 heavy (non-hydrogen) atoms. The molecule has 1 nitrogen and oxygen atoms in total. The maximum absolute atomic E-state index is 10.8. The molecule has 0 amide bonds. The third-order valence-corrected chi connectivity index (χ3v) is 4.42. The van der Waals surface area contributed by atoms with Crippen molar-refractivity contribution in [3.63, 3.8) is 0 Å². The van der Waals surface area contributed by atoms with Crippen LogP contribution in [0.3, 0.4) is 0 Å². The molecule has 0 spiro atoms. The van der Waals surface area contributed by atoms with Crippen molar-refractivity contribution >= 4 is 0 Å². The Morgan fingerprint density at radius 1 is 1.39 bits per heavy atom. The topological polar surface area (TPSA) is 20.2 Å². The number of hydrogen-bond acceptors (Lipinski definition) is 1. The van der Waals surface area contributed by atoms with E-state index in [2.05, 4.69) is 45.0 Å². The summed E-state index contributed by atoms with van der Waals surface area (Å²) in [6.45, 7) is 6.68. The van der Waals surface area contributed by atoms with E-state index in [1.165, 1.54) is 24.0 Å². The highest BCUT2D eigenvalue weighted by atomic mass is 16.3. The third kappa shape index (κ3) is 3.35. The van der Waals surface area contributed by atoms with Gasteiger partial charge in [-0.15, -0.1) is 0 Å². The molecule has 1 aromatic carbocycles. The number of benzene rings is 1. The summed E-state index contributed by atoms with van der Waals surface area (Å²) in [7, 11) is 0. The Morgan fingerprint density at radius 2 is 2.17 bits per heavy atom. The molecule has 0 bridgehead atoms. The van der Waals surface area contributed by atoms with E-state index in [0.29, 0.717) is 11.8 Å². The first kappa shape index (κ1) is 13.6. The first-order valence-electron chi connectivity index (χ1n) is 7.26. The zero-order chi connectivity index (χ0) is 13.2. The fourth-order valence-corrected chi connectivity index (χ4v) is 3.32. The number of aliphatic hydroxyl groups is 1. The van der Waals surface area contributed by atoms with Crippen molar-refractivity contribution in [3.8, 4) is 0 Å². The first-order valence-corrected chi connectivity index (χ1v) is 7.26. The number of rotatable bonds is 3. The average Bonchev–Trinajstić information content (AvgIpc) is 2.28. The molecule has 2 atom stereocenters. The van der Waals surface area contributed by atoms with Crippen LogP contribution in [0.2, 0.25) is 0 Å². The van der Waals surface area contributed by atoms with E-state index in [1.807, 2.05) is 0 Å². The molecule has 1 aliphatic rings. The second-order valence-electron chi connectivity index (χ2n) is 6.49. The van der Waals surface area contributed by atoms with Gasteiger partial charge in [0.25, 0.3) is 0 Å². The SMILES string of the molecule is Cc1cccc(CC2(O)CCCC(C(C)C)C2)c1. The van der Waals surface area contributed by atoms with Crippen LogP contribution < -0.4 is 0 Å². The molecule has 0 radical (unpaired) electrons. The summed E-state index contributed by atoms with van der Waals surface area (Å²) in [6, 6.07) is 8.56. The van der Waals surface area contributed by atoms with Crippen LogP contribution in [-0.4, -0.2) is 10.7 Å². The van der Waals surface area contributed by atoms with Crippen molar-refractivity contribution in [3.05, 3.63) is 35.4 Å². The van der Waals surface area contributed by atoms with Crippen molar-refractivity contribution in [1.29, 1.82) is 0 Å². The Morgan fingerprint density at radius 3 is 2.83 bits per heavy atom. The molecule has 0 saturated heterocycles. The van der Waals surface area contributed by atoms with Gasteiger partial charge in [0.05, 0.1) is 5.60 Å². The van der Waals surface area contributed by atoms with E-state index >= 15 is 0 Å². The number of hydrogen-bond donors (Lipinski definition) is 1. The summed E-state index contributed by atoms with van der Waals surface area (Å²) < 4.78 is 0. The zero-order valence-corrected chi connectivity index (χ0v) is 11.9. The predicted octanol–water partition coefficient (Wildman–Crippen LogP) is 4.11. The quantitative estimate of drug-likeness (QED) is 0.850. The zero-order valence-electron chi connectivity index (χ0n) is 11.9. The van der Waals surface area contributed by atoms with Gasteiger partial charge >= 0.3 is 0 Å². The second-order valence-corrected chi connectivity index (χ2v) is 6.49. The maximum atomic E-state index is 10.8. The van der Waals surface area contributed by atoms with Crippen LogP contribution in [0, 0.1) is 18.8 Å². The Labute approximate surface area is 111 Å². The highest BCUT2D eigenvalue weighted by Crippen LogP contribution is 2.38. The summed E-state index contributed by atoms with van der Waals surface area (Å²) in [6.07, 6.45) is 5.21. The van der Waals surface area contributed by atoms with E-state index in [0.717, 1.165) is 19.3 Å². The highest BCUT2D eigenvalue weighted by molar-refractivity contribution is 5.23. The van der Waals surface area contributed by atoms with Crippen LogP contribution in [0.4, 0.5) is 0 Å². The van der Waals surface area contributed by atoms with Gasteiger partial charge in [-0.1, -0.05) is 50.1 Å². The Kier molecular flexibility index (Phi) is 4.11. The van der Waals surface area contributed by atoms with Crippen molar-refractivity contribution < 1.29 is 5.11 Å². The number of aryl methyl sites for hydroxylation is 1. The molecule has 1 aliphatic carbocycles. The molecular weight excluding hydrogens is 220 g/mol. The van der Waals surface area contributed by atoms with Gasteiger partial charge in [-0.3, -0.25) is 0 Å². The molecule has 1 aromatic rings. The average molecular weight is 246 g/mol. The molecule has 1 fully saturated rings. The van der Waals surface area contributed by atoms with E-state index in [9.17, 15) is 5.11 Å².